The summed E-state index contributed by atoms with van der Waals surface area (Å²) >= 11 is 0. The van der Waals surface area contributed by atoms with Crippen molar-refractivity contribution in [3.63, 3.8) is 0 Å². The topological polar surface area (TPSA) is 29.9 Å². The standard InChI is InChI=1S/C14H25N3/c1-4-7-15-8-13-9-17(11-16-13)10-14(5-6-14)12(2)3/h9,11-12,15H,4-8,10H2,1-3H3. The van der Waals surface area contributed by atoms with Gasteiger partial charge in [-0.1, -0.05) is 20.8 Å². The van der Waals surface area contributed by atoms with E-state index in [1.165, 1.54) is 19.3 Å². The maximum Gasteiger partial charge on any atom is 0.0950 e. The van der Waals surface area contributed by atoms with E-state index in [4.69, 9.17) is 0 Å². The molecule has 17 heavy (non-hydrogen) atoms. The first-order valence-corrected chi connectivity index (χ1v) is 6.87. The van der Waals surface area contributed by atoms with Gasteiger partial charge in [-0.25, -0.2) is 4.98 Å². The fourth-order valence-corrected chi connectivity index (χ4v) is 2.42. The third-order valence-corrected chi connectivity index (χ3v) is 4.03. The highest BCUT2D eigenvalue weighted by Gasteiger charge is 2.45. The molecule has 2 rings (SSSR count). The first-order chi connectivity index (χ1) is 8.16. The van der Waals surface area contributed by atoms with E-state index in [1.807, 2.05) is 6.33 Å². The fraction of sp³-hybridized carbons (Fsp3) is 0.786. The van der Waals surface area contributed by atoms with E-state index in [9.17, 15) is 0 Å². The van der Waals surface area contributed by atoms with Gasteiger partial charge in [0.25, 0.3) is 0 Å². The molecule has 0 atom stereocenters. The smallest absolute Gasteiger partial charge is 0.0950 e. The quantitative estimate of drug-likeness (QED) is 0.737. The van der Waals surface area contributed by atoms with Gasteiger partial charge in [0.2, 0.25) is 0 Å². The molecule has 1 fully saturated rings. The molecule has 96 valence electrons. The summed E-state index contributed by atoms with van der Waals surface area (Å²) in [7, 11) is 0. The number of hydrogen-bond acceptors (Lipinski definition) is 2. The Morgan fingerprint density at radius 2 is 2.24 bits per heavy atom. The van der Waals surface area contributed by atoms with E-state index in [-0.39, 0.29) is 0 Å². The molecule has 0 radical (unpaired) electrons. The lowest BCUT2D eigenvalue weighted by atomic mass is 9.92. The Morgan fingerprint density at radius 1 is 1.47 bits per heavy atom. The molecule has 3 heteroatoms. The minimum atomic E-state index is 0.564. The van der Waals surface area contributed by atoms with Crippen LogP contribution in [0.2, 0.25) is 0 Å². The Labute approximate surface area is 105 Å². The minimum Gasteiger partial charge on any atom is -0.337 e. The zero-order chi connectivity index (χ0) is 12.3. The number of imidazole rings is 1. The van der Waals surface area contributed by atoms with Crippen molar-refractivity contribution < 1.29 is 0 Å². The third kappa shape index (κ3) is 3.09. The lowest BCUT2D eigenvalue weighted by Crippen LogP contribution is -2.17. The van der Waals surface area contributed by atoms with Gasteiger partial charge in [-0.05, 0) is 37.1 Å². The molecule has 0 bridgehead atoms. The van der Waals surface area contributed by atoms with Crippen LogP contribution in [0, 0.1) is 11.3 Å². The molecule has 0 aliphatic heterocycles. The second-order valence-electron chi connectivity index (χ2n) is 5.73. The number of hydrogen-bond donors (Lipinski definition) is 1. The van der Waals surface area contributed by atoms with Gasteiger partial charge < -0.3 is 9.88 Å². The van der Waals surface area contributed by atoms with E-state index in [0.717, 1.165) is 31.2 Å². The summed E-state index contributed by atoms with van der Waals surface area (Å²) in [6, 6.07) is 0. The van der Waals surface area contributed by atoms with Crippen LogP contribution in [-0.2, 0) is 13.1 Å². The maximum absolute atomic E-state index is 4.46. The van der Waals surface area contributed by atoms with Crippen molar-refractivity contribution in [2.45, 2.75) is 53.1 Å². The van der Waals surface area contributed by atoms with Crippen molar-refractivity contribution in [1.29, 1.82) is 0 Å². The number of nitrogens with one attached hydrogen (secondary N) is 1. The monoisotopic (exact) mass is 235 g/mol. The fourth-order valence-electron chi connectivity index (χ4n) is 2.42. The van der Waals surface area contributed by atoms with E-state index in [1.54, 1.807) is 0 Å². The molecule has 0 amide bonds. The van der Waals surface area contributed by atoms with Crippen LogP contribution >= 0.6 is 0 Å². The van der Waals surface area contributed by atoms with Gasteiger partial charge in [0.15, 0.2) is 0 Å². The SMILES string of the molecule is CCCNCc1cn(CC2(C(C)C)CC2)cn1. The Kier molecular flexibility index (Phi) is 3.87. The number of rotatable bonds is 7. The molecule has 1 aliphatic carbocycles. The molecule has 0 aromatic carbocycles. The normalized spacial score (nSPS) is 17.6. The van der Waals surface area contributed by atoms with E-state index in [2.05, 4.69) is 41.8 Å². The van der Waals surface area contributed by atoms with Crippen LogP contribution in [0.3, 0.4) is 0 Å². The van der Waals surface area contributed by atoms with E-state index in [0.29, 0.717) is 5.41 Å². The molecule has 1 aromatic rings. The van der Waals surface area contributed by atoms with Gasteiger partial charge in [-0.3, -0.25) is 0 Å². The number of nitrogens with zero attached hydrogens (tertiary/aromatic N) is 2. The molecular weight excluding hydrogens is 210 g/mol. The summed E-state index contributed by atoms with van der Waals surface area (Å²) < 4.78 is 2.27. The third-order valence-electron chi connectivity index (χ3n) is 4.03. The average molecular weight is 235 g/mol. The van der Waals surface area contributed by atoms with Crippen LogP contribution in [0.15, 0.2) is 12.5 Å². The molecule has 1 aromatic heterocycles. The van der Waals surface area contributed by atoms with Crippen LogP contribution in [0.1, 0.15) is 45.7 Å². The van der Waals surface area contributed by atoms with E-state index < -0.39 is 0 Å². The highest BCUT2D eigenvalue weighted by molar-refractivity contribution is 5.01. The average Bonchev–Trinajstić information content (AvgIpc) is 2.94. The van der Waals surface area contributed by atoms with Crippen LogP contribution in [0.4, 0.5) is 0 Å². The van der Waals surface area contributed by atoms with Crippen molar-refractivity contribution in [3.05, 3.63) is 18.2 Å². The predicted octanol–water partition coefficient (Wildman–Crippen LogP) is 2.82. The molecule has 0 unspecified atom stereocenters. The van der Waals surface area contributed by atoms with Crippen molar-refractivity contribution >= 4 is 0 Å². The van der Waals surface area contributed by atoms with Crippen LogP contribution in [0.25, 0.3) is 0 Å². The molecule has 3 nitrogen and oxygen atoms in total. The van der Waals surface area contributed by atoms with Crippen molar-refractivity contribution in [2.24, 2.45) is 11.3 Å². The van der Waals surface area contributed by atoms with Gasteiger partial charge in [0.1, 0.15) is 0 Å². The minimum absolute atomic E-state index is 0.564. The second-order valence-corrected chi connectivity index (χ2v) is 5.73. The van der Waals surface area contributed by atoms with Gasteiger partial charge >= 0.3 is 0 Å². The summed E-state index contributed by atoms with van der Waals surface area (Å²) in [6.45, 7) is 9.98. The van der Waals surface area contributed by atoms with Crippen LogP contribution in [0.5, 0.6) is 0 Å². The molecular formula is C14H25N3. The summed E-state index contributed by atoms with van der Waals surface area (Å²) in [5.74, 6) is 0.784. The van der Waals surface area contributed by atoms with Crippen molar-refractivity contribution in [2.75, 3.05) is 6.54 Å². The molecule has 1 N–H and O–H groups in total. The van der Waals surface area contributed by atoms with Crippen LogP contribution in [-0.4, -0.2) is 16.1 Å². The Bertz CT molecular complexity index is 350. The summed E-state index contributed by atoms with van der Waals surface area (Å²) in [6.07, 6.45) is 8.13. The highest BCUT2D eigenvalue weighted by Crippen LogP contribution is 2.53. The zero-order valence-electron chi connectivity index (χ0n) is 11.4. The summed E-state index contributed by atoms with van der Waals surface area (Å²) in [4.78, 5) is 4.46. The van der Waals surface area contributed by atoms with Gasteiger partial charge in [0, 0.05) is 19.3 Å². The van der Waals surface area contributed by atoms with Crippen LogP contribution < -0.4 is 5.32 Å². The highest BCUT2D eigenvalue weighted by atomic mass is 15.1. The van der Waals surface area contributed by atoms with E-state index >= 15 is 0 Å². The summed E-state index contributed by atoms with van der Waals surface area (Å²) in [5.41, 5.74) is 1.73. The molecule has 1 heterocycles. The largest absolute Gasteiger partial charge is 0.337 e. The first-order valence-electron chi connectivity index (χ1n) is 6.87. The lowest BCUT2D eigenvalue weighted by Gasteiger charge is -2.19. The van der Waals surface area contributed by atoms with Gasteiger partial charge in [-0.15, -0.1) is 0 Å². The van der Waals surface area contributed by atoms with Crippen molar-refractivity contribution in [1.82, 2.24) is 14.9 Å². The summed E-state index contributed by atoms with van der Waals surface area (Å²) in [5, 5.41) is 3.39. The zero-order valence-corrected chi connectivity index (χ0v) is 11.4. The Morgan fingerprint density at radius 3 is 2.82 bits per heavy atom. The van der Waals surface area contributed by atoms with Gasteiger partial charge in [0.05, 0.1) is 12.0 Å². The Balaban J connectivity index is 1.86. The molecule has 1 aliphatic rings. The number of aromatic nitrogens is 2. The van der Waals surface area contributed by atoms with Crippen molar-refractivity contribution in [3.8, 4) is 0 Å². The first kappa shape index (κ1) is 12.6. The lowest BCUT2D eigenvalue weighted by molar-refractivity contribution is 0.308. The molecule has 0 spiro atoms. The second kappa shape index (κ2) is 5.21. The maximum atomic E-state index is 4.46. The Hall–Kier alpha value is -0.830. The molecule has 0 saturated heterocycles. The van der Waals surface area contributed by atoms with Gasteiger partial charge in [-0.2, -0.15) is 0 Å². The molecule has 1 saturated carbocycles. The predicted molar refractivity (Wildman–Crippen MR) is 70.7 cm³/mol.